The second-order valence-corrected chi connectivity index (χ2v) is 5.94. The summed E-state index contributed by atoms with van der Waals surface area (Å²) in [6.07, 6.45) is 0. The summed E-state index contributed by atoms with van der Waals surface area (Å²) in [6.45, 7) is 5.34. The summed E-state index contributed by atoms with van der Waals surface area (Å²) in [6, 6.07) is 14.6. The van der Waals surface area contributed by atoms with Crippen LogP contribution in [0, 0.1) is 0 Å². The van der Waals surface area contributed by atoms with Gasteiger partial charge in [-0.1, -0.05) is 12.1 Å². The van der Waals surface area contributed by atoms with Crippen molar-refractivity contribution in [2.24, 2.45) is 0 Å². The Balaban J connectivity index is 1.60. The average molecular weight is 346 g/mol. The third kappa shape index (κ3) is 7.32. The highest BCUT2D eigenvalue weighted by molar-refractivity contribution is 5.44. The third-order valence-electron chi connectivity index (χ3n) is 3.32. The largest absolute Gasteiger partial charge is 0.491 e. The van der Waals surface area contributed by atoms with Crippen molar-refractivity contribution in [2.45, 2.75) is 19.6 Å². The van der Waals surface area contributed by atoms with Crippen molar-refractivity contribution >= 4 is 11.4 Å². The Labute approximate surface area is 148 Å². The van der Waals surface area contributed by atoms with Crippen LogP contribution in [0.4, 0.5) is 11.4 Å². The fraction of sp³-hybridized carbons (Fsp3) is 0.368. The summed E-state index contributed by atoms with van der Waals surface area (Å²) in [7, 11) is 0. The Kier molecular flexibility index (Phi) is 6.91. The number of nitrogen functional groups attached to an aromatic ring is 2. The van der Waals surface area contributed by atoms with E-state index >= 15 is 0 Å². The lowest BCUT2D eigenvalue weighted by Crippen LogP contribution is -2.32. The van der Waals surface area contributed by atoms with Gasteiger partial charge >= 0.3 is 0 Å². The number of anilines is 2. The van der Waals surface area contributed by atoms with E-state index in [1.165, 1.54) is 0 Å². The Morgan fingerprint density at radius 1 is 0.720 bits per heavy atom. The Hall–Kier alpha value is -2.44. The van der Waals surface area contributed by atoms with Crippen LogP contribution in [0.5, 0.6) is 11.5 Å². The molecule has 0 bridgehead atoms. The van der Waals surface area contributed by atoms with E-state index in [2.05, 4.69) is 0 Å². The molecule has 0 fully saturated rings. The Bertz CT molecular complexity index is 606. The fourth-order valence-corrected chi connectivity index (χ4v) is 2.14. The van der Waals surface area contributed by atoms with E-state index in [0.717, 1.165) is 11.5 Å². The second-order valence-electron chi connectivity index (χ2n) is 5.94. The number of rotatable bonds is 10. The smallest absolute Gasteiger partial charge is 0.163 e. The summed E-state index contributed by atoms with van der Waals surface area (Å²) in [5, 5.41) is 0. The minimum absolute atomic E-state index is 0.401. The highest BCUT2D eigenvalue weighted by Crippen LogP contribution is 2.16. The first-order valence-corrected chi connectivity index (χ1v) is 8.19. The first kappa shape index (κ1) is 18.9. The molecule has 6 nitrogen and oxygen atoms in total. The SMILES string of the molecule is CC(C)(OCCOc1cccc(N)c1)OCCOc1cccc(N)c1. The molecule has 0 spiro atoms. The van der Waals surface area contributed by atoms with Gasteiger partial charge in [0.15, 0.2) is 5.79 Å². The van der Waals surface area contributed by atoms with E-state index in [9.17, 15) is 0 Å². The van der Waals surface area contributed by atoms with Crippen molar-refractivity contribution in [1.29, 1.82) is 0 Å². The van der Waals surface area contributed by atoms with Gasteiger partial charge in [-0.3, -0.25) is 0 Å². The van der Waals surface area contributed by atoms with Gasteiger partial charge in [0.05, 0.1) is 13.2 Å². The van der Waals surface area contributed by atoms with Crippen molar-refractivity contribution in [3.8, 4) is 11.5 Å². The van der Waals surface area contributed by atoms with Crippen LogP contribution in [0.2, 0.25) is 0 Å². The van der Waals surface area contributed by atoms with Gasteiger partial charge in [-0.15, -0.1) is 0 Å². The van der Waals surface area contributed by atoms with Crippen molar-refractivity contribution in [1.82, 2.24) is 0 Å². The number of hydrogen-bond acceptors (Lipinski definition) is 6. The number of benzene rings is 2. The molecule has 0 heterocycles. The van der Waals surface area contributed by atoms with E-state index in [0.29, 0.717) is 37.8 Å². The summed E-state index contributed by atoms with van der Waals surface area (Å²) in [5.41, 5.74) is 12.7. The van der Waals surface area contributed by atoms with E-state index in [1.54, 1.807) is 12.1 Å². The summed E-state index contributed by atoms with van der Waals surface area (Å²) in [4.78, 5) is 0. The summed E-state index contributed by atoms with van der Waals surface area (Å²) >= 11 is 0. The van der Waals surface area contributed by atoms with Crippen molar-refractivity contribution < 1.29 is 18.9 Å². The maximum absolute atomic E-state index is 5.70. The number of nitrogens with two attached hydrogens (primary N) is 2. The molecule has 2 aromatic carbocycles. The van der Waals surface area contributed by atoms with Crippen molar-refractivity contribution in [3.05, 3.63) is 48.5 Å². The van der Waals surface area contributed by atoms with E-state index < -0.39 is 5.79 Å². The quantitative estimate of drug-likeness (QED) is 0.390. The minimum atomic E-state index is -0.724. The van der Waals surface area contributed by atoms with Gasteiger partial charge in [-0.05, 0) is 38.1 Å². The van der Waals surface area contributed by atoms with Gasteiger partial charge < -0.3 is 30.4 Å². The van der Waals surface area contributed by atoms with Crippen LogP contribution in [0.15, 0.2) is 48.5 Å². The molecule has 4 N–H and O–H groups in total. The van der Waals surface area contributed by atoms with Crippen molar-refractivity contribution in [2.75, 3.05) is 37.9 Å². The predicted octanol–water partition coefficient (Wildman–Crippen LogP) is 3.08. The molecular weight excluding hydrogens is 320 g/mol. The van der Waals surface area contributed by atoms with Crippen LogP contribution in [0.1, 0.15) is 13.8 Å². The zero-order valence-electron chi connectivity index (χ0n) is 14.7. The summed E-state index contributed by atoms with van der Waals surface area (Å²) < 4.78 is 22.6. The fourth-order valence-electron chi connectivity index (χ4n) is 2.14. The van der Waals surface area contributed by atoms with Crippen LogP contribution >= 0.6 is 0 Å². The maximum atomic E-state index is 5.70. The zero-order valence-corrected chi connectivity index (χ0v) is 14.7. The highest BCUT2D eigenvalue weighted by atomic mass is 16.7. The van der Waals surface area contributed by atoms with Gasteiger partial charge in [-0.25, -0.2) is 0 Å². The van der Waals surface area contributed by atoms with Gasteiger partial charge in [-0.2, -0.15) is 0 Å². The molecule has 25 heavy (non-hydrogen) atoms. The predicted molar refractivity (Wildman–Crippen MR) is 98.7 cm³/mol. The Morgan fingerprint density at radius 2 is 1.16 bits per heavy atom. The third-order valence-corrected chi connectivity index (χ3v) is 3.32. The molecule has 0 aliphatic carbocycles. The van der Waals surface area contributed by atoms with Gasteiger partial charge in [0.2, 0.25) is 0 Å². The van der Waals surface area contributed by atoms with Gasteiger partial charge in [0.1, 0.15) is 24.7 Å². The molecule has 2 rings (SSSR count). The molecule has 6 heteroatoms. The monoisotopic (exact) mass is 346 g/mol. The highest BCUT2D eigenvalue weighted by Gasteiger charge is 2.18. The molecular formula is C19H26N2O4. The summed E-state index contributed by atoms with van der Waals surface area (Å²) in [5.74, 6) is 0.716. The molecule has 0 atom stereocenters. The van der Waals surface area contributed by atoms with E-state index in [4.69, 9.17) is 30.4 Å². The van der Waals surface area contributed by atoms with Gasteiger partial charge in [0, 0.05) is 23.5 Å². The zero-order chi connectivity index (χ0) is 18.1. The molecule has 136 valence electrons. The van der Waals surface area contributed by atoms with Crippen LogP contribution < -0.4 is 20.9 Å². The molecule has 0 aromatic heterocycles. The first-order valence-electron chi connectivity index (χ1n) is 8.19. The lowest BCUT2D eigenvalue weighted by atomic mass is 10.3. The average Bonchev–Trinajstić information content (AvgIpc) is 2.56. The molecule has 0 aliphatic rings. The number of hydrogen-bond donors (Lipinski definition) is 2. The van der Waals surface area contributed by atoms with Crippen LogP contribution in [-0.4, -0.2) is 32.2 Å². The van der Waals surface area contributed by atoms with Crippen molar-refractivity contribution in [3.63, 3.8) is 0 Å². The van der Waals surface area contributed by atoms with Crippen LogP contribution in [0.25, 0.3) is 0 Å². The molecule has 0 saturated heterocycles. The molecule has 0 radical (unpaired) electrons. The first-order chi connectivity index (χ1) is 11.9. The number of ether oxygens (including phenoxy) is 4. The minimum Gasteiger partial charge on any atom is -0.491 e. The second kappa shape index (κ2) is 9.15. The molecule has 2 aromatic rings. The standard InChI is InChI=1S/C19H26N2O4/c1-19(2,24-11-9-22-17-7-3-5-15(20)13-17)25-12-10-23-18-8-4-6-16(21)14-18/h3-8,13-14H,9-12,20-21H2,1-2H3. The van der Waals surface area contributed by atoms with Crippen LogP contribution in [-0.2, 0) is 9.47 Å². The molecule has 0 saturated carbocycles. The lowest BCUT2D eigenvalue weighted by Gasteiger charge is -2.25. The molecule has 0 aliphatic heterocycles. The van der Waals surface area contributed by atoms with Crippen LogP contribution in [0.3, 0.4) is 0 Å². The lowest BCUT2D eigenvalue weighted by molar-refractivity contribution is -0.218. The van der Waals surface area contributed by atoms with Gasteiger partial charge in [0.25, 0.3) is 0 Å². The van der Waals surface area contributed by atoms with E-state index in [-0.39, 0.29) is 0 Å². The topological polar surface area (TPSA) is 89.0 Å². The molecule has 0 unspecified atom stereocenters. The Morgan fingerprint density at radius 3 is 1.56 bits per heavy atom. The normalized spacial score (nSPS) is 11.3. The molecule has 0 amide bonds. The maximum Gasteiger partial charge on any atom is 0.163 e. The van der Waals surface area contributed by atoms with E-state index in [1.807, 2.05) is 50.2 Å².